The fourth-order valence-electron chi connectivity index (χ4n) is 3.97. The van der Waals surface area contributed by atoms with Crippen LogP contribution in [0.15, 0.2) is 12.1 Å². The smallest absolute Gasteiger partial charge is 0.160 e. The SMILES string of the molecule is COc1cc2c(cc1O)CCNC2CC1CCC(OC)CC1. The topological polar surface area (TPSA) is 50.7 Å². The van der Waals surface area contributed by atoms with Gasteiger partial charge in [-0.2, -0.15) is 0 Å². The van der Waals surface area contributed by atoms with Gasteiger partial charge in [-0.05, 0) is 74.2 Å². The molecule has 2 N–H and O–H groups in total. The van der Waals surface area contributed by atoms with Gasteiger partial charge in [0.15, 0.2) is 11.5 Å². The molecule has 3 rings (SSSR count). The van der Waals surface area contributed by atoms with E-state index in [4.69, 9.17) is 9.47 Å². The van der Waals surface area contributed by atoms with Crippen LogP contribution in [0.25, 0.3) is 0 Å². The van der Waals surface area contributed by atoms with E-state index >= 15 is 0 Å². The number of aromatic hydroxyl groups is 1. The summed E-state index contributed by atoms with van der Waals surface area (Å²) in [4.78, 5) is 0. The molecular weight excluding hydrogens is 278 g/mol. The molecule has 0 aromatic heterocycles. The Bertz CT molecular complexity index is 509. The highest BCUT2D eigenvalue weighted by Gasteiger charge is 2.27. The maximum absolute atomic E-state index is 9.97. The number of hydrogen-bond acceptors (Lipinski definition) is 4. The largest absolute Gasteiger partial charge is 0.504 e. The van der Waals surface area contributed by atoms with E-state index in [0.29, 0.717) is 17.9 Å². The molecule has 122 valence electrons. The normalized spacial score (nSPS) is 28.2. The Morgan fingerprint density at radius 3 is 2.64 bits per heavy atom. The average molecular weight is 305 g/mol. The van der Waals surface area contributed by atoms with Gasteiger partial charge >= 0.3 is 0 Å². The van der Waals surface area contributed by atoms with Crippen molar-refractivity contribution < 1.29 is 14.6 Å². The van der Waals surface area contributed by atoms with Crippen molar-refractivity contribution in [3.63, 3.8) is 0 Å². The van der Waals surface area contributed by atoms with Crippen LogP contribution in [0.2, 0.25) is 0 Å². The Kier molecular flexibility index (Phi) is 4.89. The molecule has 1 saturated carbocycles. The zero-order valence-electron chi connectivity index (χ0n) is 13.6. The molecule has 4 nitrogen and oxygen atoms in total. The van der Waals surface area contributed by atoms with Gasteiger partial charge < -0.3 is 19.9 Å². The molecule has 1 heterocycles. The molecule has 1 aromatic rings. The molecular formula is C18H27NO3. The summed E-state index contributed by atoms with van der Waals surface area (Å²) < 4.78 is 10.8. The highest BCUT2D eigenvalue weighted by Crippen LogP contribution is 2.39. The van der Waals surface area contributed by atoms with Crippen LogP contribution < -0.4 is 10.1 Å². The lowest BCUT2D eigenvalue weighted by molar-refractivity contribution is 0.0537. The van der Waals surface area contributed by atoms with Gasteiger partial charge in [0.05, 0.1) is 13.2 Å². The van der Waals surface area contributed by atoms with Crippen LogP contribution in [0, 0.1) is 5.92 Å². The summed E-state index contributed by atoms with van der Waals surface area (Å²) in [5.74, 6) is 1.59. The van der Waals surface area contributed by atoms with Crippen LogP contribution in [0.4, 0.5) is 0 Å². The van der Waals surface area contributed by atoms with Gasteiger partial charge in [0.2, 0.25) is 0 Å². The number of phenols is 1. The third-order valence-corrected chi connectivity index (χ3v) is 5.30. The highest BCUT2D eigenvalue weighted by atomic mass is 16.5. The van der Waals surface area contributed by atoms with E-state index < -0.39 is 0 Å². The monoisotopic (exact) mass is 305 g/mol. The van der Waals surface area contributed by atoms with Gasteiger partial charge in [-0.15, -0.1) is 0 Å². The number of fused-ring (bicyclic) bond motifs is 1. The zero-order chi connectivity index (χ0) is 15.5. The number of ether oxygens (including phenoxy) is 2. The molecule has 0 saturated heterocycles. The second-order valence-corrected chi connectivity index (χ2v) is 6.59. The lowest BCUT2D eigenvalue weighted by Gasteiger charge is -2.33. The van der Waals surface area contributed by atoms with Gasteiger partial charge in [0.25, 0.3) is 0 Å². The number of phenolic OH excluding ortho intramolecular Hbond substituents is 1. The van der Waals surface area contributed by atoms with Crippen LogP contribution in [0.1, 0.15) is 49.3 Å². The molecule has 1 atom stereocenters. The van der Waals surface area contributed by atoms with Gasteiger partial charge in [0, 0.05) is 13.2 Å². The molecule has 0 radical (unpaired) electrons. The van der Waals surface area contributed by atoms with Gasteiger partial charge in [-0.3, -0.25) is 0 Å². The van der Waals surface area contributed by atoms with Gasteiger partial charge in [-0.1, -0.05) is 0 Å². The van der Waals surface area contributed by atoms with Gasteiger partial charge in [0.1, 0.15) is 0 Å². The van der Waals surface area contributed by atoms with E-state index in [2.05, 4.69) is 5.32 Å². The van der Waals surface area contributed by atoms with E-state index in [1.54, 1.807) is 7.11 Å². The number of rotatable bonds is 4. The molecule has 2 aliphatic rings. The van der Waals surface area contributed by atoms with E-state index in [9.17, 15) is 5.11 Å². The minimum atomic E-state index is 0.252. The molecule has 1 aliphatic heterocycles. The molecule has 1 aliphatic carbocycles. The zero-order valence-corrected chi connectivity index (χ0v) is 13.6. The van der Waals surface area contributed by atoms with Crippen molar-refractivity contribution in [2.45, 2.75) is 50.7 Å². The molecule has 1 unspecified atom stereocenters. The number of benzene rings is 1. The predicted molar refractivity (Wildman–Crippen MR) is 86.5 cm³/mol. The second-order valence-electron chi connectivity index (χ2n) is 6.59. The highest BCUT2D eigenvalue weighted by molar-refractivity contribution is 5.48. The first-order chi connectivity index (χ1) is 10.7. The van der Waals surface area contributed by atoms with Crippen molar-refractivity contribution in [1.29, 1.82) is 0 Å². The van der Waals surface area contributed by atoms with Crippen LogP contribution >= 0.6 is 0 Å². The van der Waals surface area contributed by atoms with Crippen LogP contribution in [0.5, 0.6) is 11.5 Å². The summed E-state index contributed by atoms with van der Waals surface area (Å²) in [5, 5.41) is 13.6. The van der Waals surface area contributed by atoms with E-state index in [1.165, 1.54) is 36.8 Å². The minimum absolute atomic E-state index is 0.252. The standard InChI is InChI=1S/C18H27NO3/c1-21-14-5-3-12(4-6-14)9-16-15-11-18(22-2)17(20)10-13(15)7-8-19-16/h10-12,14,16,19-20H,3-9H2,1-2H3. The molecule has 1 fully saturated rings. The Hall–Kier alpha value is -1.26. The summed E-state index contributed by atoms with van der Waals surface area (Å²) in [6.45, 7) is 0.983. The van der Waals surface area contributed by atoms with E-state index in [0.717, 1.165) is 25.3 Å². The fourth-order valence-corrected chi connectivity index (χ4v) is 3.97. The Labute approximate surface area is 132 Å². The molecule has 4 heteroatoms. The maximum Gasteiger partial charge on any atom is 0.160 e. The number of hydrogen-bond donors (Lipinski definition) is 2. The van der Waals surface area contributed by atoms with Gasteiger partial charge in [-0.25, -0.2) is 0 Å². The number of nitrogens with one attached hydrogen (secondary N) is 1. The summed E-state index contributed by atoms with van der Waals surface area (Å²) >= 11 is 0. The van der Waals surface area contributed by atoms with Crippen LogP contribution in [0.3, 0.4) is 0 Å². The summed E-state index contributed by atoms with van der Waals surface area (Å²) in [6.07, 6.45) is 7.46. The summed E-state index contributed by atoms with van der Waals surface area (Å²) in [6, 6.07) is 4.27. The summed E-state index contributed by atoms with van der Waals surface area (Å²) in [7, 11) is 3.43. The first-order valence-electron chi connectivity index (χ1n) is 8.37. The van der Waals surface area contributed by atoms with Crippen molar-refractivity contribution in [3.8, 4) is 11.5 Å². The summed E-state index contributed by atoms with van der Waals surface area (Å²) in [5.41, 5.74) is 2.56. The van der Waals surface area contributed by atoms with Crippen molar-refractivity contribution in [1.82, 2.24) is 5.32 Å². The number of methoxy groups -OCH3 is 2. The lowest BCUT2D eigenvalue weighted by atomic mass is 9.80. The molecule has 1 aromatic carbocycles. The Balaban J connectivity index is 1.71. The molecule has 0 amide bonds. The minimum Gasteiger partial charge on any atom is -0.504 e. The van der Waals surface area contributed by atoms with Crippen LogP contribution in [-0.4, -0.2) is 32.0 Å². The van der Waals surface area contributed by atoms with Crippen molar-refractivity contribution >= 4 is 0 Å². The first kappa shape index (κ1) is 15.6. The molecule has 22 heavy (non-hydrogen) atoms. The molecule has 0 bridgehead atoms. The second kappa shape index (κ2) is 6.88. The fraction of sp³-hybridized carbons (Fsp3) is 0.667. The average Bonchev–Trinajstić information content (AvgIpc) is 2.55. The Morgan fingerprint density at radius 2 is 1.95 bits per heavy atom. The van der Waals surface area contributed by atoms with Crippen molar-refractivity contribution in [2.24, 2.45) is 5.92 Å². The van der Waals surface area contributed by atoms with E-state index in [1.807, 2.05) is 19.2 Å². The lowest BCUT2D eigenvalue weighted by Crippen LogP contribution is -2.32. The third-order valence-electron chi connectivity index (χ3n) is 5.30. The molecule has 0 spiro atoms. The predicted octanol–water partition coefficient (Wildman–Crippen LogP) is 3.18. The Morgan fingerprint density at radius 1 is 1.18 bits per heavy atom. The van der Waals surface area contributed by atoms with Crippen molar-refractivity contribution in [3.05, 3.63) is 23.3 Å². The third kappa shape index (κ3) is 3.23. The maximum atomic E-state index is 9.97. The van der Waals surface area contributed by atoms with Crippen LogP contribution in [-0.2, 0) is 11.2 Å². The van der Waals surface area contributed by atoms with E-state index in [-0.39, 0.29) is 5.75 Å². The first-order valence-corrected chi connectivity index (χ1v) is 8.37. The van der Waals surface area contributed by atoms with Crippen molar-refractivity contribution in [2.75, 3.05) is 20.8 Å². The quantitative estimate of drug-likeness (QED) is 0.897.